The van der Waals surface area contributed by atoms with Gasteiger partial charge in [-0.25, -0.2) is 15.0 Å². The molecule has 9 rings (SSSR count). The number of aromatic nitrogens is 4. The van der Waals surface area contributed by atoms with Crippen LogP contribution in [0.1, 0.15) is 13.8 Å². The predicted octanol–water partition coefficient (Wildman–Crippen LogP) is 9.98. The molecule has 0 aliphatic carbocycles. The van der Waals surface area contributed by atoms with Gasteiger partial charge in [0.05, 0.1) is 5.52 Å². The van der Waals surface area contributed by atoms with Crippen LogP contribution in [0.25, 0.3) is 96.0 Å². The standard InChI is InChI=1S/C45H32N4O/c1-3-35-37-26-31(21-24-40(37)49(39(35)4-2)34-18-12-7-13-19-34)32-22-25-41-38(27-32)36-23-20-33(28-42(36)50-41)45-47-43(29-14-8-5-9-15-29)46-44(48-45)30-16-10-6-11-17-30/h3-28H,1-2H3/b35-3-,39-4+. The molecule has 0 saturated carbocycles. The minimum absolute atomic E-state index is 0.601. The van der Waals surface area contributed by atoms with Crippen molar-refractivity contribution in [3.63, 3.8) is 0 Å². The zero-order chi connectivity index (χ0) is 33.6. The van der Waals surface area contributed by atoms with Crippen molar-refractivity contribution in [1.29, 1.82) is 0 Å². The van der Waals surface area contributed by atoms with Gasteiger partial charge in [0.2, 0.25) is 0 Å². The molecule has 0 N–H and O–H groups in total. The molecule has 0 radical (unpaired) electrons. The quantitative estimate of drug-likeness (QED) is 0.187. The number of nitrogens with zero attached hydrogens (tertiary/aromatic N) is 4. The monoisotopic (exact) mass is 644 g/mol. The van der Waals surface area contributed by atoms with Crippen molar-refractivity contribution in [2.24, 2.45) is 0 Å². The molecule has 0 saturated heterocycles. The van der Waals surface area contributed by atoms with E-state index in [1.807, 2.05) is 66.7 Å². The Bertz CT molecular complexity index is 2760. The van der Waals surface area contributed by atoms with Crippen molar-refractivity contribution in [2.75, 3.05) is 0 Å². The van der Waals surface area contributed by atoms with Gasteiger partial charge in [0.15, 0.2) is 17.5 Å². The van der Waals surface area contributed by atoms with Crippen LogP contribution in [0.2, 0.25) is 0 Å². The van der Waals surface area contributed by atoms with Gasteiger partial charge < -0.3 is 8.98 Å². The van der Waals surface area contributed by atoms with Gasteiger partial charge in [0.25, 0.3) is 0 Å². The van der Waals surface area contributed by atoms with E-state index >= 15 is 0 Å². The summed E-state index contributed by atoms with van der Waals surface area (Å²) in [6.45, 7) is 4.22. The second-order valence-electron chi connectivity index (χ2n) is 12.3. The Kier molecular flexibility index (Phi) is 7.17. The number of benzene rings is 6. The molecule has 0 atom stereocenters. The van der Waals surface area contributed by atoms with Crippen LogP contribution in [0, 0.1) is 0 Å². The minimum atomic E-state index is 0.601. The molecule has 0 fully saturated rings. The Morgan fingerprint density at radius 2 is 1.02 bits per heavy atom. The van der Waals surface area contributed by atoms with Gasteiger partial charge in [-0.1, -0.05) is 109 Å². The summed E-state index contributed by atoms with van der Waals surface area (Å²) in [5.41, 5.74) is 9.02. The number of hydrogen-bond donors (Lipinski definition) is 0. The minimum Gasteiger partial charge on any atom is -0.456 e. The zero-order valence-electron chi connectivity index (χ0n) is 27.7. The third-order valence-corrected chi connectivity index (χ3v) is 9.38. The topological polar surface area (TPSA) is 56.7 Å². The van der Waals surface area contributed by atoms with E-state index < -0.39 is 0 Å². The maximum atomic E-state index is 6.44. The molecule has 0 unspecified atom stereocenters. The number of fused-ring (bicyclic) bond motifs is 4. The highest BCUT2D eigenvalue weighted by molar-refractivity contribution is 6.07. The van der Waals surface area contributed by atoms with Gasteiger partial charge in [-0.05, 0) is 73.5 Å². The lowest BCUT2D eigenvalue weighted by molar-refractivity contribution is 0.669. The summed E-state index contributed by atoms with van der Waals surface area (Å²) < 4.78 is 8.79. The molecule has 9 aromatic rings. The summed E-state index contributed by atoms with van der Waals surface area (Å²) in [5, 5.41) is 5.78. The summed E-state index contributed by atoms with van der Waals surface area (Å²) in [6, 6.07) is 50.1. The summed E-state index contributed by atoms with van der Waals surface area (Å²) in [7, 11) is 0. The van der Waals surface area contributed by atoms with Crippen molar-refractivity contribution in [2.45, 2.75) is 13.8 Å². The normalized spacial score (nSPS) is 12.4. The zero-order valence-corrected chi connectivity index (χ0v) is 27.7. The van der Waals surface area contributed by atoms with Gasteiger partial charge >= 0.3 is 0 Å². The van der Waals surface area contributed by atoms with Crippen LogP contribution < -0.4 is 10.6 Å². The Balaban J connectivity index is 1.15. The van der Waals surface area contributed by atoms with Crippen molar-refractivity contribution in [3.8, 4) is 51.0 Å². The molecule has 3 aromatic heterocycles. The third kappa shape index (κ3) is 4.99. The van der Waals surface area contributed by atoms with Crippen molar-refractivity contribution in [3.05, 3.63) is 156 Å². The fraction of sp³-hybridized carbons (Fsp3) is 0.0444. The lowest BCUT2D eigenvalue weighted by atomic mass is 10.0. The Morgan fingerprint density at radius 1 is 0.460 bits per heavy atom. The second-order valence-corrected chi connectivity index (χ2v) is 12.3. The number of para-hydroxylation sites is 1. The average molecular weight is 645 g/mol. The van der Waals surface area contributed by atoms with E-state index in [2.05, 4.69) is 109 Å². The van der Waals surface area contributed by atoms with E-state index in [4.69, 9.17) is 19.4 Å². The number of furan rings is 1. The van der Waals surface area contributed by atoms with Crippen molar-refractivity contribution in [1.82, 2.24) is 19.5 Å². The van der Waals surface area contributed by atoms with Crippen LogP contribution >= 0.6 is 0 Å². The van der Waals surface area contributed by atoms with E-state index in [-0.39, 0.29) is 0 Å². The fourth-order valence-electron chi connectivity index (χ4n) is 6.99. The van der Waals surface area contributed by atoms with E-state index in [1.165, 1.54) is 21.5 Å². The van der Waals surface area contributed by atoms with E-state index in [1.54, 1.807) is 0 Å². The first-order valence-electron chi connectivity index (χ1n) is 16.8. The van der Waals surface area contributed by atoms with Crippen LogP contribution in [0.5, 0.6) is 0 Å². The molecule has 0 aliphatic heterocycles. The summed E-state index contributed by atoms with van der Waals surface area (Å²) in [4.78, 5) is 14.7. The second kappa shape index (κ2) is 12.1. The molecule has 0 aliphatic rings. The highest BCUT2D eigenvalue weighted by atomic mass is 16.3. The first kappa shape index (κ1) is 29.5. The van der Waals surface area contributed by atoms with Gasteiger partial charge in [-0.3, -0.25) is 0 Å². The van der Waals surface area contributed by atoms with Crippen LogP contribution in [0.3, 0.4) is 0 Å². The highest BCUT2D eigenvalue weighted by Crippen LogP contribution is 2.35. The summed E-state index contributed by atoms with van der Waals surface area (Å²) in [6.07, 6.45) is 4.41. The molecule has 0 bridgehead atoms. The van der Waals surface area contributed by atoms with Gasteiger partial charge in [0.1, 0.15) is 11.2 Å². The maximum absolute atomic E-state index is 6.44. The van der Waals surface area contributed by atoms with Gasteiger partial charge in [-0.2, -0.15) is 0 Å². The fourth-order valence-corrected chi connectivity index (χ4v) is 6.99. The molecule has 50 heavy (non-hydrogen) atoms. The van der Waals surface area contributed by atoms with Gasteiger partial charge in [-0.15, -0.1) is 0 Å². The smallest absolute Gasteiger partial charge is 0.164 e. The van der Waals surface area contributed by atoms with Crippen LogP contribution in [0.4, 0.5) is 0 Å². The molecule has 5 heteroatoms. The largest absolute Gasteiger partial charge is 0.456 e. The lowest BCUT2D eigenvalue weighted by Gasteiger charge is -2.08. The van der Waals surface area contributed by atoms with Crippen molar-refractivity contribution >= 4 is 45.0 Å². The van der Waals surface area contributed by atoms with Crippen molar-refractivity contribution < 1.29 is 4.42 Å². The molecular formula is C45H32N4O. The summed E-state index contributed by atoms with van der Waals surface area (Å²) in [5.74, 6) is 1.86. The van der Waals surface area contributed by atoms with Gasteiger partial charge in [0, 0.05) is 49.1 Å². The molecular weight excluding hydrogens is 613 g/mol. The van der Waals surface area contributed by atoms with Crippen LogP contribution in [-0.2, 0) is 0 Å². The first-order valence-corrected chi connectivity index (χ1v) is 16.8. The van der Waals surface area contributed by atoms with E-state index in [0.29, 0.717) is 17.5 Å². The highest BCUT2D eigenvalue weighted by Gasteiger charge is 2.16. The lowest BCUT2D eigenvalue weighted by Crippen LogP contribution is -2.27. The molecule has 6 aromatic carbocycles. The van der Waals surface area contributed by atoms with E-state index in [9.17, 15) is 0 Å². The molecule has 3 heterocycles. The van der Waals surface area contributed by atoms with E-state index in [0.717, 1.165) is 55.4 Å². The molecule has 5 nitrogen and oxygen atoms in total. The Labute approximate surface area is 289 Å². The SMILES string of the molecule is C/C=c1\c(=C/C)n(-c2ccccc2)c2ccc(-c3ccc4oc5cc(-c6nc(-c7ccccc7)nc(-c7ccccc7)n6)ccc5c4c3)cc12. The third-order valence-electron chi connectivity index (χ3n) is 9.38. The Morgan fingerprint density at radius 3 is 1.64 bits per heavy atom. The predicted molar refractivity (Wildman–Crippen MR) is 205 cm³/mol. The van der Waals surface area contributed by atoms with Crippen LogP contribution in [-0.4, -0.2) is 19.5 Å². The Hall–Kier alpha value is -6.59. The first-order chi connectivity index (χ1) is 24.7. The average Bonchev–Trinajstić information content (AvgIpc) is 3.72. The van der Waals surface area contributed by atoms with Crippen LogP contribution in [0.15, 0.2) is 150 Å². The number of rotatable bonds is 5. The maximum Gasteiger partial charge on any atom is 0.164 e. The molecule has 0 spiro atoms. The number of hydrogen-bond acceptors (Lipinski definition) is 4. The molecule has 238 valence electrons. The summed E-state index contributed by atoms with van der Waals surface area (Å²) >= 11 is 0. The molecule has 0 amide bonds.